The number of benzene rings is 3. The molecule has 7 aromatic rings. The van der Waals surface area contributed by atoms with E-state index in [0.717, 1.165) is 11.0 Å². The molecule has 3 heteroatoms. The second-order valence-corrected chi connectivity index (χ2v) is 7.95. The molecule has 4 heterocycles. The van der Waals surface area contributed by atoms with Gasteiger partial charge in [-0.15, -0.1) is 0 Å². The molecule has 0 saturated carbocycles. The minimum atomic E-state index is 1.12. The average Bonchev–Trinajstić information content (AvgIpc) is 3.36. The summed E-state index contributed by atoms with van der Waals surface area (Å²) in [4.78, 5) is 8.81. The third-order valence-electron chi connectivity index (χ3n) is 6.32. The minimum absolute atomic E-state index is 1.12. The first-order valence-electron chi connectivity index (χ1n) is 10.4. The van der Waals surface area contributed by atoms with Crippen molar-refractivity contribution in [2.75, 3.05) is 0 Å². The van der Waals surface area contributed by atoms with Crippen molar-refractivity contribution >= 4 is 38.1 Å². The summed E-state index contributed by atoms with van der Waals surface area (Å²) < 4.78 is 2.31. The third kappa shape index (κ3) is 2.23. The quantitative estimate of drug-likeness (QED) is 0.317. The second kappa shape index (κ2) is 6.13. The number of nitrogens with zero attached hydrogens (tertiary/aromatic N) is 3. The molecule has 0 atom stereocenters. The number of pyridine rings is 2. The highest BCUT2D eigenvalue weighted by molar-refractivity contribution is 6.24. The Hall–Kier alpha value is -4.24. The lowest BCUT2D eigenvalue weighted by Crippen LogP contribution is -1.85. The summed E-state index contributed by atoms with van der Waals surface area (Å²) in [5, 5.41) is 4.95. The van der Waals surface area contributed by atoms with E-state index < -0.39 is 0 Å². The predicted molar refractivity (Wildman–Crippen MR) is 128 cm³/mol. The van der Waals surface area contributed by atoms with Crippen LogP contribution in [0.25, 0.3) is 60.3 Å². The van der Waals surface area contributed by atoms with Crippen molar-refractivity contribution in [3.8, 4) is 22.3 Å². The molecule has 0 unspecified atom stereocenters. The van der Waals surface area contributed by atoms with Gasteiger partial charge in [0.05, 0.1) is 28.9 Å². The van der Waals surface area contributed by atoms with Gasteiger partial charge in [-0.25, -0.2) is 0 Å². The highest BCUT2D eigenvalue weighted by atomic mass is 14.9. The fourth-order valence-corrected chi connectivity index (χ4v) is 5.00. The molecule has 0 aliphatic carbocycles. The van der Waals surface area contributed by atoms with E-state index in [4.69, 9.17) is 0 Å². The molecule has 0 fully saturated rings. The van der Waals surface area contributed by atoms with Gasteiger partial charge in [-0.3, -0.25) is 9.97 Å². The fourth-order valence-electron chi connectivity index (χ4n) is 5.00. The Balaban J connectivity index is 1.65. The van der Waals surface area contributed by atoms with Crippen molar-refractivity contribution in [1.82, 2.24) is 14.4 Å². The van der Waals surface area contributed by atoms with Gasteiger partial charge in [0, 0.05) is 33.9 Å². The van der Waals surface area contributed by atoms with Gasteiger partial charge in [0.2, 0.25) is 0 Å². The van der Waals surface area contributed by atoms with Gasteiger partial charge < -0.3 is 4.40 Å². The van der Waals surface area contributed by atoms with Crippen LogP contribution in [-0.4, -0.2) is 14.4 Å². The van der Waals surface area contributed by atoms with E-state index in [2.05, 4.69) is 93.2 Å². The van der Waals surface area contributed by atoms with E-state index in [0.29, 0.717) is 0 Å². The first-order valence-corrected chi connectivity index (χ1v) is 10.4. The summed E-state index contributed by atoms with van der Waals surface area (Å²) in [7, 11) is 0. The maximum Gasteiger partial charge on any atom is 0.0725 e. The molecule has 0 aliphatic rings. The lowest BCUT2D eigenvalue weighted by molar-refractivity contribution is 1.27. The third-order valence-corrected chi connectivity index (χ3v) is 6.32. The van der Waals surface area contributed by atoms with Crippen LogP contribution < -0.4 is 0 Å². The number of hydrogen-bond donors (Lipinski definition) is 0. The Morgan fingerprint density at radius 1 is 0.516 bits per heavy atom. The largest absolute Gasteiger partial charge is 0.305 e. The monoisotopic (exact) mass is 395 g/mol. The predicted octanol–water partition coefficient (Wildman–Crippen LogP) is 6.96. The molecule has 0 saturated heterocycles. The highest BCUT2D eigenvalue weighted by Gasteiger charge is 2.19. The summed E-state index contributed by atoms with van der Waals surface area (Å²) in [5.74, 6) is 0. The summed E-state index contributed by atoms with van der Waals surface area (Å²) in [6.45, 7) is 0. The molecular weight excluding hydrogens is 378 g/mol. The van der Waals surface area contributed by atoms with E-state index in [9.17, 15) is 0 Å². The summed E-state index contributed by atoms with van der Waals surface area (Å²) in [6, 6.07) is 28.2. The van der Waals surface area contributed by atoms with Crippen LogP contribution in [0.5, 0.6) is 0 Å². The molecule has 0 N–H and O–H groups in total. The maximum absolute atomic E-state index is 4.41. The molecule has 4 aromatic heterocycles. The number of fused-ring (bicyclic) bond motifs is 6. The standard InChI is InChI=1S/C28H17N3/c1-2-6-18(7-3-1)20-8-4-5-9-21(20)19-14-24-22-10-12-29-16-26(22)31-27-17-30-13-11-23(27)25(15-19)28(24)31/h1-17H. The van der Waals surface area contributed by atoms with E-state index in [-0.39, 0.29) is 0 Å². The van der Waals surface area contributed by atoms with Crippen LogP contribution in [0.2, 0.25) is 0 Å². The van der Waals surface area contributed by atoms with Crippen molar-refractivity contribution in [3.63, 3.8) is 0 Å². The van der Waals surface area contributed by atoms with Gasteiger partial charge in [0.1, 0.15) is 0 Å². The molecule has 0 radical (unpaired) electrons. The Bertz CT molecular complexity index is 1650. The Labute approximate surface area is 178 Å². The Morgan fingerprint density at radius 2 is 1.06 bits per heavy atom. The van der Waals surface area contributed by atoms with E-state index >= 15 is 0 Å². The van der Waals surface area contributed by atoms with Crippen LogP contribution in [-0.2, 0) is 0 Å². The minimum Gasteiger partial charge on any atom is -0.305 e. The number of aromatic nitrogens is 3. The van der Waals surface area contributed by atoms with Crippen molar-refractivity contribution in [3.05, 3.63) is 104 Å². The van der Waals surface area contributed by atoms with Crippen molar-refractivity contribution < 1.29 is 0 Å². The van der Waals surface area contributed by atoms with E-state index in [1.54, 1.807) is 0 Å². The van der Waals surface area contributed by atoms with E-state index in [1.807, 2.05) is 24.8 Å². The van der Waals surface area contributed by atoms with Crippen LogP contribution in [0.3, 0.4) is 0 Å². The Morgan fingerprint density at radius 3 is 1.68 bits per heavy atom. The average molecular weight is 395 g/mol. The fraction of sp³-hybridized carbons (Fsp3) is 0. The van der Waals surface area contributed by atoms with Crippen LogP contribution in [0, 0.1) is 0 Å². The SMILES string of the molecule is c1ccc(-c2ccccc2-c2cc3c4ccncc4n4c5cnccc5c(c2)c34)cc1. The molecule has 144 valence electrons. The topological polar surface area (TPSA) is 30.2 Å². The van der Waals surface area contributed by atoms with Crippen molar-refractivity contribution in [2.24, 2.45) is 0 Å². The number of hydrogen-bond acceptors (Lipinski definition) is 2. The zero-order valence-electron chi connectivity index (χ0n) is 16.7. The maximum atomic E-state index is 4.41. The first kappa shape index (κ1) is 16.5. The normalized spacial score (nSPS) is 11.9. The molecule has 31 heavy (non-hydrogen) atoms. The molecule has 0 aliphatic heterocycles. The van der Waals surface area contributed by atoms with Crippen molar-refractivity contribution in [1.29, 1.82) is 0 Å². The van der Waals surface area contributed by atoms with Gasteiger partial charge >= 0.3 is 0 Å². The van der Waals surface area contributed by atoms with Gasteiger partial charge in [-0.1, -0.05) is 54.6 Å². The second-order valence-electron chi connectivity index (χ2n) is 7.95. The first-order chi connectivity index (χ1) is 15.4. The van der Waals surface area contributed by atoms with Gasteiger partial charge in [-0.05, 0) is 46.5 Å². The van der Waals surface area contributed by atoms with Crippen LogP contribution in [0.4, 0.5) is 0 Å². The zero-order valence-corrected chi connectivity index (χ0v) is 16.7. The number of rotatable bonds is 2. The summed E-state index contributed by atoms with van der Waals surface area (Å²) >= 11 is 0. The summed E-state index contributed by atoms with van der Waals surface area (Å²) in [6.07, 6.45) is 7.67. The molecule has 0 spiro atoms. The molecule has 0 amide bonds. The van der Waals surface area contributed by atoms with Crippen molar-refractivity contribution in [2.45, 2.75) is 0 Å². The van der Waals surface area contributed by atoms with Crippen LogP contribution >= 0.6 is 0 Å². The lowest BCUT2D eigenvalue weighted by atomic mass is 9.93. The smallest absolute Gasteiger partial charge is 0.0725 e. The van der Waals surface area contributed by atoms with Gasteiger partial charge in [0.25, 0.3) is 0 Å². The van der Waals surface area contributed by atoms with Crippen LogP contribution in [0.15, 0.2) is 104 Å². The van der Waals surface area contributed by atoms with Crippen LogP contribution in [0.1, 0.15) is 0 Å². The molecular formula is C28H17N3. The molecule has 0 bridgehead atoms. The summed E-state index contributed by atoms with van der Waals surface area (Å²) in [5.41, 5.74) is 8.43. The molecule has 7 rings (SSSR count). The molecule has 3 aromatic carbocycles. The van der Waals surface area contributed by atoms with Gasteiger partial charge in [-0.2, -0.15) is 0 Å². The van der Waals surface area contributed by atoms with Gasteiger partial charge in [0.15, 0.2) is 0 Å². The Kier molecular flexibility index (Phi) is 3.27. The molecule has 3 nitrogen and oxygen atoms in total. The highest BCUT2D eigenvalue weighted by Crippen LogP contribution is 2.42. The van der Waals surface area contributed by atoms with E-state index in [1.165, 1.54) is 49.3 Å². The zero-order chi connectivity index (χ0) is 20.4. The lowest BCUT2D eigenvalue weighted by Gasteiger charge is -2.11.